The average molecular weight is 217 g/mol. The maximum Gasteiger partial charge on any atom is 0.217 e. The van der Waals surface area contributed by atoms with Crippen molar-refractivity contribution < 1.29 is 9.47 Å². The van der Waals surface area contributed by atoms with Gasteiger partial charge < -0.3 is 9.47 Å². The molecule has 1 heterocycles. The number of halogens is 1. The molecule has 14 heavy (non-hydrogen) atoms. The lowest BCUT2D eigenvalue weighted by atomic mass is 10.5. The Labute approximate surface area is 88.2 Å². The Morgan fingerprint density at radius 3 is 2.79 bits per heavy atom. The molecule has 0 spiro atoms. The van der Waals surface area contributed by atoms with E-state index in [4.69, 9.17) is 21.1 Å². The molecule has 1 rings (SSSR count). The van der Waals surface area contributed by atoms with Crippen LogP contribution in [0.1, 0.15) is 13.8 Å². The number of rotatable bonds is 5. The molecule has 1 aromatic heterocycles. The predicted octanol–water partition coefficient (Wildman–Crippen LogP) is 1.93. The number of aromatic nitrogens is 2. The van der Waals surface area contributed by atoms with Crippen molar-refractivity contribution in [3.63, 3.8) is 0 Å². The molecule has 0 aliphatic rings. The fraction of sp³-hybridized carbons (Fsp3) is 0.556. The van der Waals surface area contributed by atoms with E-state index in [2.05, 4.69) is 9.97 Å². The van der Waals surface area contributed by atoms with E-state index in [0.29, 0.717) is 24.2 Å². The molecular formula is C9H13ClN2O2. The second-order valence-electron chi connectivity index (χ2n) is 2.95. The van der Waals surface area contributed by atoms with Crippen LogP contribution < -0.4 is 4.74 Å². The molecule has 0 saturated carbocycles. The van der Waals surface area contributed by atoms with Crippen LogP contribution >= 0.6 is 11.6 Å². The molecule has 4 nitrogen and oxygen atoms in total. The summed E-state index contributed by atoms with van der Waals surface area (Å²) in [6.45, 7) is 4.95. The maximum absolute atomic E-state index is 5.65. The fourth-order valence-electron chi connectivity index (χ4n) is 0.826. The normalized spacial score (nSPS) is 10.6. The summed E-state index contributed by atoms with van der Waals surface area (Å²) in [5.41, 5.74) is 0. The van der Waals surface area contributed by atoms with Crippen LogP contribution in [-0.2, 0) is 4.74 Å². The van der Waals surface area contributed by atoms with E-state index in [0.717, 1.165) is 0 Å². The third kappa shape index (κ3) is 4.39. The monoisotopic (exact) mass is 216 g/mol. The van der Waals surface area contributed by atoms with Gasteiger partial charge in [0.15, 0.2) is 0 Å². The molecule has 0 N–H and O–H groups in total. The molecule has 0 fully saturated rings. The Balaban J connectivity index is 2.25. The van der Waals surface area contributed by atoms with E-state index in [9.17, 15) is 0 Å². The highest BCUT2D eigenvalue weighted by molar-refractivity contribution is 6.29. The summed E-state index contributed by atoms with van der Waals surface area (Å²) in [5, 5.41) is 0.375. The van der Waals surface area contributed by atoms with E-state index in [1.807, 2.05) is 13.8 Å². The lowest BCUT2D eigenvalue weighted by Crippen LogP contribution is -2.11. The smallest absolute Gasteiger partial charge is 0.217 e. The lowest BCUT2D eigenvalue weighted by molar-refractivity contribution is 0.0542. The van der Waals surface area contributed by atoms with E-state index in [1.165, 1.54) is 6.33 Å². The first kappa shape index (κ1) is 11.2. The first-order valence-corrected chi connectivity index (χ1v) is 4.78. The number of hydrogen-bond acceptors (Lipinski definition) is 4. The molecule has 78 valence electrons. The third-order valence-electron chi connectivity index (χ3n) is 1.39. The highest BCUT2D eigenvalue weighted by Crippen LogP contribution is 2.10. The van der Waals surface area contributed by atoms with Gasteiger partial charge in [0.1, 0.15) is 18.1 Å². The van der Waals surface area contributed by atoms with Crippen LogP contribution in [0.3, 0.4) is 0 Å². The van der Waals surface area contributed by atoms with Gasteiger partial charge in [-0.25, -0.2) is 9.97 Å². The van der Waals surface area contributed by atoms with Crippen LogP contribution in [0.2, 0.25) is 5.15 Å². The lowest BCUT2D eigenvalue weighted by Gasteiger charge is -2.08. The highest BCUT2D eigenvalue weighted by atomic mass is 35.5. The minimum atomic E-state index is 0.215. The zero-order valence-electron chi connectivity index (χ0n) is 8.24. The summed E-state index contributed by atoms with van der Waals surface area (Å²) in [6, 6.07) is 1.57. The summed E-state index contributed by atoms with van der Waals surface area (Å²) < 4.78 is 10.6. The van der Waals surface area contributed by atoms with E-state index < -0.39 is 0 Å². The van der Waals surface area contributed by atoms with Crippen LogP contribution in [-0.4, -0.2) is 29.3 Å². The molecule has 0 radical (unpaired) electrons. The van der Waals surface area contributed by atoms with Gasteiger partial charge in [-0.2, -0.15) is 0 Å². The number of nitrogens with zero attached hydrogens (tertiary/aromatic N) is 2. The standard InChI is InChI=1S/C9H13ClN2O2/c1-7(2)13-3-4-14-9-5-8(10)11-6-12-9/h5-7H,3-4H2,1-2H3. The van der Waals surface area contributed by atoms with Gasteiger partial charge >= 0.3 is 0 Å². The van der Waals surface area contributed by atoms with Crippen LogP contribution in [0.15, 0.2) is 12.4 Å². The van der Waals surface area contributed by atoms with Gasteiger partial charge in [-0.05, 0) is 13.8 Å². The quantitative estimate of drug-likeness (QED) is 0.557. The Morgan fingerprint density at radius 1 is 1.36 bits per heavy atom. The van der Waals surface area contributed by atoms with Crippen molar-refractivity contribution in [2.24, 2.45) is 0 Å². The molecule has 0 amide bonds. The Morgan fingerprint density at radius 2 is 2.14 bits per heavy atom. The van der Waals surface area contributed by atoms with Crippen LogP contribution in [0.5, 0.6) is 5.88 Å². The van der Waals surface area contributed by atoms with Crippen LogP contribution in [0.4, 0.5) is 0 Å². The zero-order chi connectivity index (χ0) is 10.4. The molecule has 1 aromatic rings. The molecule has 0 aromatic carbocycles. The van der Waals surface area contributed by atoms with Crippen molar-refractivity contribution >= 4 is 11.6 Å². The number of hydrogen-bond donors (Lipinski definition) is 0. The second-order valence-corrected chi connectivity index (χ2v) is 3.33. The molecular weight excluding hydrogens is 204 g/mol. The SMILES string of the molecule is CC(C)OCCOc1cc(Cl)ncn1. The van der Waals surface area contributed by atoms with E-state index in [1.54, 1.807) is 6.07 Å². The Kier molecular flexibility index (Phi) is 4.62. The Bertz CT molecular complexity index is 281. The molecule has 0 saturated heterocycles. The van der Waals surface area contributed by atoms with Crippen molar-refractivity contribution in [3.05, 3.63) is 17.5 Å². The molecule has 0 atom stereocenters. The zero-order valence-corrected chi connectivity index (χ0v) is 8.99. The van der Waals surface area contributed by atoms with Gasteiger partial charge in [-0.3, -0.25) is 0 Å². The summed E-state index contributed by atoms with van der Waals surface area (Å²) in [7, 11) is 0. The molecule has 5 heteroatoms. The molecule has 0 bridgehead atoms. The van der Waals surface area contributed by atoms with Crippen molar-refractivity contribution in [2.75, 3.05) is 13.2 Å². The number of ether oxygens (including phenoxy) is 2. The summed E-state index contributed by atoms with van der Waals surface area (Å²) in [4.78, 5) is 7.62. The minimum absolute atomic E-state index is 0.215. The van der Waals surface area contributed by atoms with Gasteiger partial charge in [0, 0.05) is 6.07 Å². The van der Waals surface area contributed by atoms with Crippen molar-refractivity contribution in [3.8, 4) is 5.88 Å². The third-order valence-corrected chi connectivity index (χ3v) is 1.60. The largest absolute Gasteiger partial charge is 0.475 e. The van der Waals surface area contributed by atoms with Gasteiger partial charge in [0.25, 0.3) is 0 Å². The van der Waals surface area contributed by atoms with E-state index in [-0.39, 0.29) is 6.10 Å². The Hall–Kier alpha value is -0.870. The van der Waals surface area contributed by atoms with Crippen molar-refractivity contribution in [2.45, 2.75) is 20.0 Å². The van der Waals surface area contributed by atoms with Gasteiger partial charge in [-0.1, -0.05) is 11.6 Å². The summed E-state index contributed by atoms with van der Waals surface area (Å²) in [5.74, 6) is 0.470. The summed E-state index contributed by atoms with van der Waals surface area (Å²) in [6.07, 6.45) is 1.58. The molecule has 0 aliphatic heterocycles. The first-order chi connectivity index (χ1) is 6.68. The highest BCUT2D eigenvalue weighted by Gasteiger charge is 1.98. The van der Waals surface area contributed by atoms with Gasteiger partial charge in [-0.15, -0.1) is 0 Å². The molecule has 0 aliphatic carbocycles. The first-order valence-electron chi connectivity index (χ1n) is 4.40. The van der Waals surface area contributed by atoms with Crippen molar-refractivity contribution in [1.82, 2.24) is 9.97 Å². The average Bonchev–Trinajstić information content (AvgIpc) is 2.12. The van der Waals surface area contributed by atoms with Gasteiger partial charge in [0.05, 0.1) is 12.7 Å². The van der Waals surface area contributed by atoms with Gasteiger partial charge in [0.2, 0.25) is 5.88 Å². The predicted molar refractivity (Wildman–Crippen MR) is 53.6 cm³/mol. The maximum atomic E-state index is 5.65. The summed E-state index contributed by atoms with van der Waals surface area (Å²) >= 11 is 5.65. The minimum Gasteiger partial charge on any atom is -0.475 e. The molecule has 0 unspecified atom stereocenters. The van der Waals surface area contributed by atoms with Crippen molar-refractivity contribution in [1.29, 1.82) is 0 Å². The topological polar surface area (TPSA) is 44.2 Å². The van der Waals surface area contributed by atoms with E-state index >= 15 is 0 Å². The fourth-order valence-corrected chi connectivity index (χ4v) is 0.963. The van der Waals surface area contributed by atoms with Crippen LogP contribution in [0.25, 0.3) is 0 Å². The van der Waals surface area contributed by atoms with Crippen LogP contribution in [0, 0.1) is 0 Å². The second kappa shape index (κ2) is 5.78.